The third kappa shape index (κ3) is 3.19. The summed E-state index contributed by atoms with van der Waals surface area (Å²) in [6, 6.07) is 13.7. The molecule has 2 aromatic carbocycles. The molecule has 21 heavy (non-hydrogen) atoms. The molecule has 1 unspecified atom stereocenters. The van der Waals surface area contributed by atoms with Gasteiger partial charge in [0.25, 0.3) is 0 Å². The first kappa shape index (κ1) is 14.7. The number of aryl methyl sites for hydroxylation is 2. The van der Waals surface area contributed by atoms with E-state index >= 15 is 0 Å². The fraction of sp³-hybridized carbons (Fsp3) is 0.222. The lowest BCUT2D eigenvalue weighted by molar-refractivity contribution is 0.630. The molecule has 0 amide bonds. The highest BCUT2D eigenvalue weighted by Crippen LogP contribution is 2.36. The summed E-state index contributed by atoms with van der Waals surface area (Å²) in [5.74, 6) is -0.170. The van der Waals surface area contributed by atoms with Gasteiger partial charge in [-0.1, -0.05) is 40.2 Å². The molecule has 3 rings (SSSR count). The van der Waals surface area contributed by atoms with Gasteiger partial charge in [0.2, 0.25) is 0 Å². The first-order chi connectivity index (χ1) is 10.0. The number of thiophene rings is 1. The molecule has 0 aliphatic heterocycles. The summed E-state index contributed by atoms with van der Waals surface area (Å²) >= 11 is 5.44. The average Bonchev–Trinajstić information content (AvgIpc) is 2.86. The molecule has 1 aromatic heterocycles. The summed E-state index contributed by atoms with van der Waals surface area (Å²) < 4.78 is 14.3. The van der Waals surface area contributed by atoms with Gasteiger partial charge in [0.1, 0.15) is 5.82 Å². The summed E-state index contributed by atoms with van der Waals surface area (Å²) in [7, 11) is 0. The highest BCUT2D eigenvalue weighted by atomic mass is 79.9. The van der Waals surface area contributed by atoms with Crippen LogP contribution in [0.3, 0.4) is 0 Å². The van der Waals surface area contributed by atoms with Crippen LogP contribution in [0.5, 0.6) is 0 Å². The zero-order valence-electron chi connectivity index (χ0n) is 12.0. The van der Waals surface area contributed by atoms with E-state index in [1.807, 2.05) is 6.07 Å². The van der Waals surface area contributed by atoms with Crippen LogP contribution in [-0.2, 0) is 6.42 Å². The molecule has 0 nitrogen and oxygen atoms in total. The van der Waals surface area contributed by atoms with Crippen LogP contribution in [0.15, 0.2) is 42.5 Å². The Bertz CT molecular complexity index is 791. The van der Waals surface area contributed by atoms with E-state index < -0.39 is 0 Å². The van der Waals surface area contributed by atoms with Crippen molar-refractivity contribution in [2.75, 3.05) is 0 Å². The molecule has 0 radical (unpaired) electrons. The first-order valence-corrected chi connectivity index (χ1v) is 8.65. The van der Waals surface area contributed by atoms with Gasteiger partial charge in [-0.25, -0.2) is 4.39 Å². The van der Waals surface area contributed by atoms with Crippen LogP contribution in [0.1, 0.15) is 26.4 Å². The van der Waals surface area contributed by atoms with E-state index in [4.69, 9.17) is 0 Å². The molecule has 0 fully saturated rings. The zero-order valence-corrected chi connectivity index (χ0v) is 14.4. The van der Waals surface area contributed by atoms with Gasteiger partial charge in [0, 0.05) is 9.58 Å². The van der Waals surface area contributed by atoms with E-state index in [2.05, 4.69) is 54.0 Å². The topological polar surface area (TPSA) is 0 Å². The van der Waals surface area contributed by atoms with E-state index in [1.165, 1.54) is 27.6 Å². The van der Waals surface area contributed by atoms with Crippen molar-refractivity contribution in [3.05, 3.63) is 69.8 Å². The van der Waals surface area contributed by atoms with Gasteiger partial charge in [0.05, 0.1) is 4.83 Å². The third-order valence-electron chi connectivity index (χ3n) is 3.80. The lowest BCUT2D eigenvalue weighted by Crippen LogP contribution is -1.94. The summed E-state index contributed by atoms with van der Waals surface area (Å²) in [6.07, 6.45) is 0.941. The summed E-state index contributed by atoms with van der Waals surface area (Å²) in [5.41, 5.74) is 3.97. The van der Waals surface area contributed by atoms with Gasteiger partial charge >= 0.3 is 0 Å². The summed E-state index contributed by atoms with van der Waals surface area (Å²) in [6.45, 7) is 4.27. The molecule has 3 heteroatoms. The fourth-order valence-corrected chi connectivity index (χ4v) is 4.27. The van der Waals surface area contributed by atoms with E-state index in [0.717, 1.165) is 16.5 Å². The standard InChI is InChI=1S/C18H16BrFS/c1-11-3-4-13(7-12(11)2)8-16(19)18-9-14-5-6-15(20)10-17(14)21-18/h3-7,9-10,16H,8H2,1-2H3. The Morgan fingerprint density at radius 1 is 1.05 bits per heavy atom. The maximum absolute atomic E-state index is 13.3. The largest absolute Gasteiger partial charge is 0.207 e. The van der Waals surface area contributed by atoms with Crippen LogP contribution in [0, 0.1) is 19.7 Å². The summed E-state index contributed by atoms with van der Waals surface area (Å²) in [4.78, 5) is 1.51. The van der Waals surface area contributed by atoms with Crippen molar-refractivity contribution >= 4 is 37.4 Å². The Kier molecular flexibility index (Phi) is 4.14. The van der Waals surface area contributed by atoms with Crippen molar-refractivity contribution in [2.45, 2.75) is 25.1 Å². The monoisotopic (exact) mass is 362 g/mol. The van der Waals surface area contributed by atoms with Crippen molar-refractivity contribution in [1.29, 1.82) is 0 Å². The molecule has 0 N–H and O–H groups in total. The lowest BCUT2D eigenvalue weighted by atomic mass is 10.0. The lowest BCUT2D eigenvalue weighted by Gasteiger charge is -2.09. The molecule has 108 valence electrons. The Labute approximate surface area is 136 Å². The molecule has 0 aliphatic rings. The zero-order chi connectivity index (χ0) is 15.0. The van der Waals surface area contributed by atoms with Gasteiger partial charge in [-0.15, -0.1) is 11.3 Å². The minimum atomic E-state index is -0.170. The smallest absolute Gasteiger partial charge is 0.124 e. The summed E-state index contributed by atoms with van der Waals surface area (Å²) in [5, 5.41) is 1.11. The normalized spacial score (nSPS) is 12.8. The van der Waals surface area contributed by atoms with E-state index in [0.29, 0.717) is 0 Å². The Hall–Kier alpha value is -1.19. The molecule has 0 saturated carbocycles. The van der Waals surface area contributed by atoms with Gasteiger partial charge in [-0.05, 0) is 60.5 Å². The predicted molar refractivity (Wildman–Crippen MR) is 93.1 cm³/mol. The van der Waals surface area contributed by atoms with Gasteiger partial charge in [-0.2, -0.15) is 0 Å². The van der Waals surface area contributed by atoms with E-state index in [1.54, 1.807) is 17.4 Å². The van der Waals surface area contributed by atoms with Crippen molar-refractivity contribution in [3.8, 4) is 0 Å². The quantitative estimate of drug-likeness (QED) is 0.477. The second-order valence-electron chi connectivity index (χ2n) is 5.42. The minimum absolute atomic E-state index is 0.170. The molecule has 0 bridgehead atoms. The van der Waals surface area contributed by atoms with Crippen LogP contribution in [0.4, 0.5) is 4.39 Å². The van der Waals surface area contributed by atoms with Crippen molar-refractivity contribution in [3.63, 3.8) is 0 Å². The number of hydrogen-bond donors (Lipinski definition) is 0. The van der Waals surface area contributed by atoms with Crippen LogP contribution >= 0.6 is 27.3 Å². The van der Waals surface area contributed by atoms with Gasteiger partial charge in [0.15, 0.2) is 0 Å². The van der Waals surface area contributed by atoms with Crippen LogP contribution < -0.4 is 0 Å². The van der Waals surface area contributed by atoms with Crippen LogP contribution in [-0.4, -0.2) is 0 Å². The van der Waals surface area contributed by atoms with Crippen LogP contribution in [0.2, 0.25) is 0 Å². The Morgan fingerprint density at radius 3 is 2.62 bits per heavy atom. The second kappa shape index (κ2) is 5.90. The van der Waals surface area contributed by atoms with Crippen molar-refractivity contribution in [2.24, 2.45) is 0 Å². The van der Waals surface area contributed by atoms with E-state index in [-0.39, 0.29) is 10.6 Å². The van der Waals surface area contributed by atoms with Crippen LogP contribution in [0.25, 0.3) is 10.1 Å². The Balaban J connectivity index is 1.85. The molecule has 1 atom stereocenters. The number of halogens is 2. The molecule has 3 aromatic rings. The number of alkyl halides is 1. The van der Waals surface area contributed by atoms with Crippen molar-refractivity contribution in [1.82, 2.24) is 0 Å². The SMILES string of the molecule is Cc1ccc(CC(Br)c2cc3ccc(F)cc3s2)cc1C. The predicted octanol–water partition coefficient (Wildman–Crippen LogP) is 6.34. The highest BCUT2D eigenvalue weighted by molar-refractivity contribution is 9.09. The molecule has 0 spiro atoms. The number of benzene rings is 2. The molecule has 1 heterocycles. The Morgan fingerprint density at radius 2 is 1.86 bits per heavy atom. The highest BCUT2D eigenvalue weighted by Gasteiger charge is 2.13. The average molecular weight is 363 g/mol. The number of rotatable bonds is 3. The molecular weight excluding hydrogens is 347 g/mol. The molecular formula is C18H16BrFS. The van der Waals surface area contributed by atoms with Crippen molar-refractivity contribution < 1.29 is 4.39 Å². The minimum Gasteiger partial charge on any atom is -0.207 e. The molecule has 0 aliphatic carbocycles. The number of fused-ring (bicyclic) bond motifs is 1. The number of hydrogen-bond acceptors (Lipinski definition) is 1. The first-order valence-electron chi connectivity index (χ1n) is 6.92. The van der Waals surface area contributed by atoms with E-state index in [9.17, 15) is 4.39 Å². The van der Waals surface area contributed by atoms with Gasteiger partial charge in [-0.3, -0.25) is 0 Å². The second-order valence-corrected chi connectivity index (χ2v) is 7.64. The van der Waals surface area contributed by atoms with Gasteiger partial charge < -0.3 is 0 Å². The third-order valence-corrected chi connectivity index (χ3v) is 6.13. The fourth-order valence-electron chi connectivity index (χ4n) is 2.42. The maximum Gasteiger partial charge on any atom is 0.124 e. The molecule has 0 saturated heterocycles. The maximum atomic E-state index is 13.3.